The molecule has 0 amide bonds. The van der Waals surface area contributed by atoms with Crippen LogP contribution in [0.25, 0.3) is 0 Å². The topological polar surface area (TPSA) is 57.2 Å². The number of carbonyl (C=O) groups excluding carboxylic acids is 1. The highest BCUT2D eigenvalue weighted by atomic mass is 16.5. The van der Waals surface area contributed by atoms with Crippen molar-refractivity contribution in [3.05, 3.63) is 0 Å². The molecule has 26 heavy (non-hydrogen) atoms. The zero-order valence-corrected chi connectivity index (χ0v) is 17.0. The molecule has 0 saturated carbocycles. The number of piperidine rings is 2. The number of hydrogen-bond donors (Lipinski definition) is 1. The molecule has 0 aromatic heterocycles. The molecule has 1 N–H and O–H groups in total. The molecule has 2 aliphatic rings. The summed E-state index contributed by atoms with van der Waals surface area (Å²) in [6.07, 6.45) is 5.48. The molecule has 2 heterocycles. The van der Waals surface area contributed by atoms with Crippen LogP contribution < -0.4 is 5.32 Å². The van der Waals surface area contributed by atoms with Gasteiger partial charge in [-0.3, -0.25) is 9.79 Å². The van der Waals surface area contributed by atoms with Gasteiger partial charge in [0.1, 0.15) is 0 Å². The summed E-state index contributed by atoms with van der Waals surface area (Å²) in [5.74, 6) is 1.74. The van der Waals surface area contributed by atoms with Crippen LogP contribution in [0.3, 0.4) is 0 Å². The van der Waals surface area contributed by atoms with Crippen LogP contribution in [-0.2, 0) is 9.53 Å². The smallest absolute Gasteiger partial charge is 0.309 e. The first kappa shape index (κ1) is 21.0. The van der Waals surface area contributed by atoms with E-state index in [2.05, 4.69) is 29.0 Å². The molecule has 0 aliphatic carbocycles. The fraction of sp³-hybridized carbons (Fsp3) is 0.900. The van der Waals surface area contributed by atoms with Crippen LogP contribution >= 0.6 is 0 Å². The molecule has 6 nitrogen and oxygen atoms in total. The Balaban J connectivity index is 1.81. The number of esters is 1. The Kier molecular flexibility index (Phi) is 9.23. The van der Waals surface area contributed by atoms with E-state index in [4.69, 9.17) is 9.73 Å². The van der Waals surface area contributed by atoms with Crippen molar-refractivity contribution < 1.29 is 9.53 Å². The average Bonchev–Trinajstić information content (AvgIpc) is 2.67. The second-order valence-corrected chi connectivity index (χ2v) is 7.49. The molecular weight excluding hydrogens is 328 g/mol. The quantitative estimate of drug-likeness (QED) is 0.426. The van der Waals surface area contributed by atoms with Crippen LogP contribution in [0.5, 0.6) is 0 Å². The number of ether oxygens (including phenoxy) is 1. The van der Waals surface area contributed by atoms with Gasteiger partial charge in [0.05, 0.1) is 12.5 Å². The molecule has 6 heteroatoms. The maximum absolute atomic E-state index is 11.9. The molecule has 0 aromatic carbocycles. The van der Waals surface area contributed by atoms with Gasteiger partial charge in [-0.05, 0) is 71.5 Å². The monoisotopic (exact) mass is 366 g/mol. The van der Waals surface area contributed by atoms with Crippen LogP contribution in [0, 0.1) is 11.8 Å². The number of carbonyl (C=O) groups is 1. The summed E-state index contributed by atoms with van der Waals surface area (Å²) in [5.41, 5.74) is 0. The number of guanidine groups is 1. The first-order chi connectivity index (χ1) is 12.7. The van der Waals surface area contributed by atoms with Crippen molar-refractivity contribution in [1.82, 2.24) is 15.1 Å². The van der Waals surface area contributed by atoms with Crippen LogP contribution in [0.1, 0.15) is 52.9 Å². The van der Waals surface area contributed by atoms with E-state index < -0.39 is 0 Å². The molecule has 0 radical (unpaired) electrons. The summed E-state index contributed by atoms with van der Waals surface area (Å²) >= 11 is 0. The Bertz CT molecular complexity index is 439. The highest BCUT2D eigenvalue weighted by Gasteiger charge is 2.27. The summed E-state index contributed by atoms with van der Waals surface area (Å²) < 4.78 is 5.17. The third-order valence-corrected chi connectivity index (χ3v) is 5.50. The van der Waals surface area contributed by atoms with Gasteiger partial charge in [-0.1, -0.05) is 6.92 Å². The van der Waals surface area contributed by atoms with Gasteiger partial charge < -0.3 is 19.9 Å². The van der Waals surface area contributed by atoms with Gasteiger partial charge >= 0.3 is 5.97 Å². The number of rotatable bonds is 7. The van der Waals surface area contributed by atoms with Gasteiger partial charge in [0.2, 0.25) is 0 Å². The van der Waals surface area contributed by atoms with Crippen molar-refractivity contribution in [2.75, 3.05) is 52.4 Å². The lowest BCUT2D eigenvalue weighted by Crippen LogP contribution is -2.47. The lowest BCUT2D eigenvalue weighted by atomic mass is 9.96. The van der Waals surface area contributed by atoms with Gasteiger partial charge in [-0.15, -0.1) is 0 Å². The summed E-state index contributed by atoms with van der Waals surface area (Å²) in [7, 11) is 0. The Labute approximate surface area is 159 Å². The van der Waals surface area contributed by atoms with Gasteiger partial charge in [0.25, 0.3) is 0 Å². The number of nitrogens with one attached hydrogen (secondary N) is 1. The first-order valence-electron chi connectivity index (χ1n) is 10.6. The third-order valence-electron chi connectivity index (χ3n) is 5.50. The standard InChI is InChI=1S/C20H38N4O2/c1-4-11-23-12-7-17(8-13-23)16-22-20(21-5-2)24-14-9-18(10-15-24)19(25)26-6-3/h17-18H,4-16H2,1-3H3,(H,21,22). The Hall–Kier alpha value is -1.30. The molecule has 2 rings (SSSR count). The fourth-order valence-corrected chi connectivity index (χ4v) is 3.94. The van der Waals surface area contributed by atoms with Crippen molar-refractivity contribution in [1.29, 1.82) is 0 Å². The maximum Gasteiger partial charge on any atom is 0.309 e. The lowest BCUT2D eigenvalue weighted by molar-refractivity contribution is -0.149. The molecule has 0 unspecified atom stereocenters. The highest BCUT2D eigenvalue weighted by molar-refractivity contribution is 5.80. The molecule has 0 bridgehead atoms. The SMILES string of the molecule is CCCN1CCC(CN=C(NCC)N2CCC(C(=O)OCC)CC2)CC1. The molecule has 0 spiro atoms. The molecule has 2 fully saturated rings. The van der Waals surface area contributed by atoms with Crippen LogP contribution in [0.4, 0.5) is 0 Å². The van der Waals surface area contributed by atoms with Crippen molar-refractivity contribution in [2.24, 2.45) is 16.8 Å². The normalized spacial score (nSPS) is 21.0. The Morgan fingerprint density at radius 2 is 1.77 bits per heavy atom. The predicted octanol–water partition coefficient (Wildman–Crippen LogP) is 2.35. The lowest BCUT2D eigenvalue weighted by Gasteiger charge is -2.34. The van der Waals surface area contributed by atoms with Crippen LogP contribution in [0.15, 0.2) is 4.99 Å². The summed E-state index contributed by atoms with van der Waals surface area (Å²) in [5, 5.41) is 3.44. The summed E-state index contributed by atoms with van der Waals surface area (Å²) in [4.78, 5) is 21.7. The van der Waals surface area contributed by atoms with Gasteiger partial charge in [0, 0.05) is 26.2 Å². The molecule has 2 aliphatic heterocycles. The molecule has 150 valence electrons. The van der Waals surface area contributed by atoms with E-state index in [1.165, 1.54) is 38.9 Å². The van der Waals surface area contributed by atoms with Gasteiger partial charge in [0.15, 0.2) is 5.96 Å². The van der Waals surface area contributed by atoms with Crippen molar-refractivity contribution >= 4 is 11.9 Å². The highest BCUT2D eigenvalue weighted by Crippen LogP contribution is 2.20. The third kappa shape index (κ3) is 6.45. The van der Waals surface area contributed by atoms with E-state index in [-0.39, 0.29) is 11.9 Å². The molecular formula is C20H38N4O2. The van der Waals surface area contributed by atoms with Crippen molar-refractivity contribution in [3.63, 3.8) is 0 Å². The minimum atomic E-state index is -0.0343. The Morgan fingerprint density at radius 1 is 1.08 bits per heavy atom. The Morgan fingerprint density at radius 3 is 2.35 bits per heavy atom. The number of aliphatic imine (C=N–C) groups is 1. The zero-order valence-electron chi connectivity index (χ0n) is 17.0. The zero-order chi connectivity index (χ0) is 18.8. The first-order valence-corrected chi connectivity index (χ1v) is 10.6. The number of hydrogen-bond acceptors (Lipinski definition) is 4. The molecule has 0 atom stereocenters. The van der Waals surface area contributed by atoms with Crippen LogP contribution in [-0.4, -0.2) is 74.1 Å². The second kappa shape index (κ2) is 11.4. The van der Waals surface area contributed by atoms with Gasteiger partial charge in [-0.2, -0.15) is 0 Å². The fourth-order valence-electron chi connectivity index (χ4n) is 3.94. The van der Waals surface area contributed by atoms with E-state index in [1.54, 1.807) is 0 Å². The van der Waals surface area contributed by atoms with Gasteiger partial charge in [-0.25, -0.2) is 0 Å². The largest absolute Gasteiger partial charge is 0.466 e. The van der Waals surface area contributed by atoms with E-state index in [0.717, 1.165) is 45.0 Å². The molecule has 0 aromatic rings. The second-order valence-electron chi connectivity index (χ2n) is 7.49. The van der Waals surface area contributed by atoms with E-state index in [9.17, 15) is 4.79 Å². The summed E-state index contributed by atoms with van der Waals surface area (Å²) in [6.45, 7) is 13.9. The van der Waals surface area contributed by atoms with Crippen molar-refractivity contribution in [3.8, 4) is 0 Å². The molecule has 2 saturated heterocycles. The van der Waals surface area contributed by atoms with Crippen molar-refractivity contribution in [2.45, 2.75) is 52.9 Å². The minimum Gasteiger partial charge on any atom is -0.466 e. The predicted molar refractivity (Wildman–Crippen MR) is 106 cm³/mol. The van der Waals surface area contributed by atoms with E-state index in [1.807, 2.05) is 6.92 Å². The number of nitrogens with zero attached hydrogens (tertiary/aromatic N) is 3. The number of likely N-dealkylation sites (tertiary alicyclic amines) is 2. The summed E-state index contributed by atoms with van der Waals surface area (Å²) in [6, 6.07) is 0. The minimum absolute atomic E-state index is 0.0343. The average molecular weight is 367 g/mol. The maximum atomic E-state index is 11.9. The van der Waals surface area contributed by atoms with Crippen LogP contribution in [0.2, 0.25) is 0 Å². The van der Waals surface area contributed by atoms with E-state index >= 15 is 0 Å². The van der Waals surface area contributed by atoms with E-state index in [0.29, 0.717) is 12.5 Å².